The maximum absolute atomic E-state index is 11.3. The zero-order chi connectivity index (χ0) is 13.0. The van der Waals surface area contributed by atoms with Crippen molar-refractivity contribution in [2.24, 2.45) is 11.8 Å². The van der Waals surface area contributed by atoms with Gasteiger partial charge in [0.25, 0.3) is 5.91 Å². The van der Waals surface area contributed by atoms with Crippen LogP contribution in [0.5, 0.6) is 0 Å². The highest BCUT2D eigenvalue weighted by Crippen LogP contribution is 2.18. The summed E-state index contributed by atoms with van der Waals surface area (Å²) in [5, 5.41) is 9.09. The van der Waals surface area contributed by atoms with Gasteiger partial charge in [0, 0.05) is 25.3 Å². The number of hydrogen-bond donors (Lipinski definition) is 3. The molecule has 2 rings (SSSR count). The van der Waals surface area contributed by atoms with Crippen LogP contribution in [-0.2, 0) is 6.54 Å². The minimum absolute atomic E-state index is 0.270. The monoisotopic (exact) mass is 249 g/mol. The van der Waals surface area contributed by atoms with E-state index in [1.54, 1.807) is 12.1 Å². The minimum atomic E-state index is -0.275. The number of benzene rings is 1. The molecule has 0 aromatic heterocycles. The van der Waals surface area contributed by atoms with Gasteiger partial charge in [0.15, 0.2) is 0 Å². The van der Waals surface area contributed by atoms with Crippen molar-refractivity contribution in [3.8, 4) is 0 Å². The first-order valence-electron chi connectivity index (χ1n) is 6.16. The van der Waals surface area contributed by atoms with Gasteiger partial charge in [-0.25, -0.2) is 5.84 Å². The summed E-state index contributed by atoms with van der Waals surface area (Å²) < 4.78 is 0. The number of hydrogen-bond acceptors (Lipinski definition) is 4. The Morgan fingerprint density at radius 1 is 1.44 bits per heavy atom. The Morgan fingerprint density at radius 3 is 2.72 bits per heavy atom. The average Bonchev–Trinajstić information content (AvgIpc) is 2.86. The van der Waals surface area contributed by atoms with Gasteiger partial charge in [-0.15, -0.1) is 0 Å². The maximum atomic E-state index is 11.3. The number of amides is 1. The molecule has 0 saturated carbocycles. The van der Waals surface area contributed by atoms with Crippen molar-refractivity contribution < 1.29 is 9.90 Å². The van der Waals surface area contributed by atoms with E-state index in [2.05, 4.69) is 10.3 Å². The van der Waals surface area contributed by atoms with Crippen molar-refractivity contribution in [3.05, 3.63) is 35.4 Å². The number of nitrogens with zero attached hydrogens (tertiary/aromatic N) is 1. The van der Waals surface area contributed by atoms with Crippen LogP contribution >= 0.6 is 0 Å². The summed E-state index contributed by atoms with van der Waals surface area (Å²) in [6.07, 6.45) is 1.06. The highest BCUT2D eigenvalue weighted by Gasteiger charge is 2.21. The first kappa shape index (κ1) is 13.0. The van der Waals surface area contributed by atoms with Crippen molar-refractivity contribution in [1.29, 1.82) is 0 Å². The zero-order valence-electron chi connectivity index (χ0n) is 10.3. The summed E-state index contributed by atoms with van der Waals surface area (Å²) in [4.78, 5) is 13.6. The molecule has 0 bridgehead atoms. The van der Waals surface area contributed by atoms with Gasteiger partial charge in [-0.05, 0) is 36.6 Å². The standard InChI is InChI=1S/C13H19N3O2/c14-15-13(18)12-3-1-10(2-4-12)7-16-6-5-11(8-16)9-17/h1-4,11,17H,5-9,14H2,(H,15,18). The number of carbonyl (C=O) groups excluding carboxylic acids is 1. The fourth-order valence-corrected chi connectivity index (χ4v) is 2.31. The van der Waals surface area contributed by atoms with Crippen LogP contribution in [0.3, 0.4) is 0 Å². The number of nitrogen functional groups attached to an aromatic ring is 1. The van der Waals surface area contributed by atoms with Gasteiger partial charge >= 0.3 is 0 Å². The Labute approximate surface area is 107 Å². The van der Waals surface area contributed by atoms with E-state index in [1.807, 2.05) is 12.1 Å². The molecule has 1 amide bonds. The van der Waals surface area contributed by atoms with Crippen molar-refractivity contribution in [2.45, 2.75) is 13.0 Å². The number of likely N-dealkylation sites (tertiary alicyclic amines) is 1. The molecular formula is C13H19N3O2. The molecule has 1 fully saturated rings. The van der Waals surface area contributed by atoms with Gasteiger partial charge in [-0.1, -0.05) is 12.1 Å². The van der Waals surface area contributed by atoms with E-state index in [-0.39, 0.29) is 12.5 Å². The molecule has 18 heavy (non-hydrogen) atoms. The third-order valence-electron chi connectivity index (χ3n) is 3.38. The van der Waals surface area contributed by atoms with Gasteiger partial charge in [0.2, 0.25) is 0 Å². The molecule has 1 heterocycles. The molecule has 5 heteroatoms. The predicted molar refractivity (Wildman–Crippen MR) is 68.6 cm³/mol. The molecule has 1 aliphatic heterocycles. The molecule has 0 radical (unpaired) electrons. The van der Waals surface area contributed by atoms with Crippen LogP contribution < -0.4 is 11.3 Å². The summed E-state index contributed by atoms with van der Waals surface area (Å²) in [7, 11) is 0. The van der Waals surface area contributed by atoms with Gasteiger partial charge in [-0.3, -0.25) is 15.1 Å². The molecule has 5 nitrogen and oxygen atoms in total. The van der Waals surface area contributed by atoms with E-state index in [0.717, 1.165) is 26.1 Å². The number of nitrogens with one attached hydrogen (secondary N) is 1. The second-order valence-corrected chi connectivity index (χ2v) is 4.74. The van der Waals surface area contributed by atoms with Crippen LogP contribution in [0.4, 0.5) is 0 Å². The summed E-state index contributed by atoms with van der Waals surface area (Å²) >= 11 is 0. The van der Waals surface area contributed by atoms with Crippen molar-refractivity contribution in [1.82, 2.24) is 10.3 Å². The molecule has 1 saturated heterocycles. The molecule has 1 aliphatic rings. The lowest BCUT2D eigenvalue weighted by molar-refractivity contribution is 0.0953. The van der Waals surface area contributed by atoms with E-state index < -0.39 is 0 Å². The second-order valence-electron chi connectivity index (χ2n) is 4.74. The highest BCUT2D eigenvalue weighted by atomic mass is 16.3. The van der Waals surface area contributed by atoms with Crippen LogP contribution in [0.15, 0.2) is 24.3 Å². The Bertz CT molecular complexity index is 405. The Morgan fingerprint density at radius 2 is 2.17 bits per heavy atom. The molecule has 98 valence electrons. The van der Waals surface area contributed by atoms with Gasteiger partial charge in [0.05, 0.1) is 0 Å². The van der Waals surface area contributed by atoms with Crippen LogP contribution in [0.25, 0.3) is 0 Å². The normalized spacial score (nSPS) is 20.0. The minimum Gasteiger partial charge on any atom is -0.396 e. The Balaban J connectivity index is 1.92. The number of aliphatic hydroxyl groups excluding tert-OH is 1. The predicted octanol–water partition coefficient (Wildman–Crippen LogP) is 0.104. The van der Waals surface area contributed by atoms with Crippen LogP contribution in [0, 0.1) is 5.92 Å². The third kappa shape index (κ3) is 3.07. The highest BCUT2D eigenvalue weighted by molar-refractivity contribution is 5.93. The quantitative estimate of drug-likeness (QED) is 0.402. The van der Waals surface area contributed by atoms with Crippen LogP contribution in [0.2, 0.25) is 0 Å². The lowest BCUT2D eigenvalue weighted by atomic mass is 10.1. The molecule has 0 spiro atoms. The molecule has 1 aromatic carbocycles. The van der Waals surface area contributed by atoms with Crippen LogP contribution in [-0.4, -0.2) is 35.6 Å². The van der Waals surface area contributed by atoms with Crippen LogP contribution in [0.1, 0.15) is 22.3 Å². The van der Waals surface area contributed by atoms with Crippen molar-refractivity contribution in [3.63, 3.8) is 0 Å². The fraction of sp³-hybridized carbons (Fsp3) is 0.462. The van der Waals surface area contributed by atoms with E-state index in [1.165, 1.54) is 5.56 Å². The third-order valence-corrected chi connectivity index (χ3v) is 3.38. The number of rotatable bonds is 4. The largest absolute Gasteiger partial charge is 0.396 e. The fourth-order valence-electron chi connectivity index (χ4n) is 2.31. The summed E-state index contributed by atoms with van der Waals surface area (Å²) in [6.45, 7) is 3.10. The summed E-state index contributed by atoms with van der Waals surface area (Å²) in [5.74, 6) is 5.21. The molecule has 1 atom stereocenters. The number of hydrazine groups is 1. The first-order chi connectivity index (χ1) is 8.72. The lowest BCUT2D eigenvalue weighted by Crippen LogP contribution is -2.29. The van der Waals surface area contributed by atoms with E-state index in [9.17, 15) is 4.79 Å². The number of carbonyl (C=O) groups is 1. The van der Waals surface area contributed by atoms with Crippen molar-refractivity contribution >= 4 is 5.91 Å². The average molecular weight is 249 g/mol. The summed E-state index contributed by atoms with van der Waals surface area (Å²) in [5.41, 5.74) is 3.84. The van der Waals surface area contributed by atoms with Crippen molar-refractivity contribution in [2.75, 3.05) is 19.7 Å². The van der Waals surface area contributed by atoms with Gasteiger partial charge < -0.3 is 5.11 Å². The van der Waals surface area contributed by atoms with E-state index in [0.29, 0.717) is 11.5 Å². The summed E-state index contributed by atoms with van der Waals surface area (Å²) in [6, 6.07) is 7.43. The lowest BCUT2D eigenvalue weighted by Gasteiger charge is -2.15. The van der Waals surface area contributed by atoms with Gasteiger partial charge in [-0.2, -0.15) is 0 Å². The molecule has 4 N–H and O–H groups in total. The topological polar surface area (TPSA) is 78.6 Å². The Kier molecular flexibility index (Phi) is 4.30. The van der Waals surface area contributed by atoms with Gasteiger partial charge in [0.1, 0.15) is 0 Å². The number of aliphatic hydroxyl groups is 1. The first-order valence-corrected chi connectivity index (χ1v) is 6.16. The maximum Gasteiger partial charge on any atom is 0.265 e. The molecule has 1 aromatic rings. The Hall–Kier alpha value is -1.43. The molecule has 0 aliphatic carbocycles. The zero-order valence-corrected chi connectivity index (χ0v) is 10.3. The SMILES string of the molecule is NNC(=O)c1ccc(CN2CCC(CO)C2)cc1. The molecular weight excluding hydrogens is 230 g/mol. The molecule has 1 unspecified atom stereocenters. The number of nitrogens with two attached hydrogens (primary N) is 1. The van der Waals surface area contributed by atoms with E-state index >= 15 is 0 Å². The second kappa shape index (κ2) is 5.95. The van der Waals surface area contributed by atoms with E-state index in [4.69, 9.17) is 10.9 Å². The smallest absolute Gasteiger partial charge is 0.265 e.